The molecule has 5 heteroatoms. The van der Waals surface area contributed by atoms with E-state index in [1.807, 2.05) is 23.9 Å². The Kier molecular flexibility index (Phi) is 3.49. The van der Waals surface area contributed by atoms with Crippen molar-refractivity contribution in [1.29, 1.82) is 0 Å². The van der Waals surface area contributed by atoms with Crippen LogP contribution in [-0.4, -0.2) is 28.7 Å². The third-order valence-corrected chi connectivity index (χ3v) is 4.02. The van der Waals surface area contributed by atoms with Crippen molar-refractivity contribution in [3.63, 3.8) is 0 Å². The lowest BCUT2D eigenvalue weighted by atomic mass is 9.97. The summed E-state index contributed by atoms with van der Waals surface area (Å²) in [6.45, 7) is 3.92. The summed E-state index contributed by atoms with van der Waals surface area (Å²) in [6, 6.07) is 6.03. The van der Waals surface area contributed by atoms with Crippen molar-refractivity contribution in [2.75, 3.05) is 13.1 Å². The molecule has 0 amide bonds. The highest BCUT2D eigenvalue weighted by atomic mass is 35.5. The van der Waals surface area contributed by atoms with Gasteiger partial charge in [0, 0.05) is 31.8 Å². The third kappa shape index (κ3) is 2.31. The Morgan fingerprint density at radius 2 is 2.20 bits per heavy atom. The SMILES string of the molecule is Cc1c(CC2=NCCN2)ccc(Cl)c1-c1ccnn1C. The van der Waals surface area contributed by atoms with Crippen molar-refractivity contribution < 1.29 is 0 Å². The Balaban J connectivity index is 2.04. The Hall–Kier alpha value is -1.81. The minimum absolute atomic E-state index is 0.760. The molecule has 1 aliphatic rings. The van der Waals surface area contributed by atoms with Crippen molar-refractivity contribution in [2.24, 2.45) is 12.0 Å². The maximum atomic E-state index is 6.39. The number of hydrogen-bond acceptors (Lipinski definition) is 3. The number of aryl methyl sites for hydroxylation is 1. The number of amidine groups is 1. The highest BCUT2D eigenvalue weighted by Crippen LogP contribution is 2.32. The van der Waals surface area contributed by atoms with Gasteiger partial charge in [-0.3, -0.25) is 9.67 Å². The monoisotopic (exact) mass is 288 g/mol. The number of nitrogens with zero attached hydrogens (tertiary/aromatic N) is 3. The van der Waals surface area contributed by atoms with Crippen LogP contribution < -0.4 is 5.32 Å². The van der Waals surface area contributed by atoms with Crippen molar-refractivity contribution in [3.8, 4) is 11.3 Å². The molecule has 20 heavy (non-hydrogen) atoms. The molecule has 2 aromatic rings. The molecule has 0 radical (unpaired) electrons. The fourth-order valence-corrected chi connectivity index (χ4v) is 2.89. The zero-order chi connectivity index (χ0) is 14.1. The second-order valence-corrected chi connectivity index (χ2v) is 5.39. The van der Waals surface area contributed by atoms with Crippen LogP contribution in [0.1, 0.15) is 11.1 Å². The van der Waals surface area contributed by atoms with Crippen LogP contribution in [0.4, 0.5) is 0 Å². The molecular formula is C15H17ClN4. The van der Waals surface area contributed by atoms with E-state index < -0.39 is 0 Å². The highest BCUT2D eigenvalue weighted by Gasteiger charge is 2.15. The van der Waals surface area contributed by atoms with Crippen molar-refractivity contribution >= 4 is 17.4 Å². The minimum atomic E-state index is 0.760. The van der Waals surface area contributed by atoms with Crippen molar-refractivity contribution in [3.05, 3.63) is 40.5 Å². The Morgan fingerprint density at radius 3 is 2.85 bits per heavy atom. The molecular weight excluding hydrogens is 272 g/mol. The molecule has 0 spiro atoms. The lowest BCUT2D eigenvalue weighted by molar-refractivity contribution is 0.775. The van der Waals surface area contributed by atoms with Crippen LogP contribution in [0.5, 0.6) is 0 Å². The van der Waals surface area contributed by atoms with E-state index in [4.69, 9.17) is 11.6 Å². The van der Waals surface area contributed by atoms with Crippen molar-refractivity contribution in [1.82, 2.24) is 15.1 Å². The van der Waals surface area contributed by atoms with Gasteiger partial charge in [-0.2, -0.15) is 5.10 Å². The molecule has 4 nitrogen and oxygen atoms in total. The average Bonchev–Trinajstić information content (AvgIpc) is 3.06. The smallest absolute Gasteiger partial charge is 0.101 e. The van der Waals surface area contributed by atoms with E-state index in [1.54, 1.807) is 6.20 Å². The molecule has 1 aromatic carbocycles. The summed E-state index contributed by atoms with van der Waals surface area (Å²) in [5.74, 6) is 1.06. The van der Waals surface area contributed by atoms with Gasteiger partial charge in [0.25, 0.3) is 0 Å². The largest absolute Gasteiger partial charge is 0.372 e. The van der Waals surface area contributed by atoms with Gasteiger partial charge >= 0.3 is 0 Å². The molecule has 1 aliphatic heterocycles. The Bertz CT molecular complexity index is 673. The van der Waals surface area contributed by atoms with Crippen LogP contribution in [0.15, 0.2) is 29.4 Å². The standard InChI is InChI=1S/C15H17ClN4/c1-10-11(9-14-17-7-8-18-14)3-4-12(16)15(10)13-5-6-19-20(13)2/h3-6H,7-9H2,1-2H3,(H,17,18). The predicted molar refractivity (Wildman–Crippen MR) is 82.4 cm³/mol. The van der Waals surface area contributed by atoms with E-state index in [9.17, 15) is 0 Å². The van der Waals surface area contributed by atoms with Gasteiger partial charge in [-0.15, -0.1) is 0 Å². The second-order valence-electron chi connectivity index (χ2n) is 4.98. The van der Waals surface area contributed by atoms with E-state index in [-0.39, 0.29) is 0 Å². The van der Waals surface area contributed by atoms with Crippen LogP contribution in [0.25, 0.3) is 11.3 Å². The number of aromatic nitrogens is 2. The summed E-state index contributed by atoms with van der Waals surface area (Å²) in [5.41, 5.74) is 4.54. The molecule has 0 saturated heterocycles. The summed E-state index contributed by atoms with van der Waals surface area (Å²) >= 11 is 6.39. The van der Waals surface area contributed by atoms with Gasteiger partial charge < -0.3 is 5.32 Å². The summed E-state index contributed by atoms with van der Waals surface area (Å²) < 4.78 is 1.85. The van der Waals surface area contributed by atoms with Gasteiger partial charge in [0.15, 0.2) is 0 Å². The summed E-state index contributed by atoms with van der Waals surface area (Å²) in [6.07, 6.45) is 2.62. The first-order valence-corrected chi connectivity index (χ1v) is 7.08. The van der Waals surface area contributed by atoms with Gasteiger partial charge in [-0.1, -0.05) is 17.7 Å². The lowest BCUT2D eigenvalue weighted by Crippen LogP contribution is -2.21. The maximum absolute atomic E-state index is 6.39. The van der Waals surface area contributed by atoms with E-state index in [0.717, 1.165) is 41.6 Å². The first kappa shape index (κ1) is 13.2. The van der Waals surface area contributed by atoms with Gasteiger partial charge in [0.1, 0.15) is 5.84 Å². The van der Waals surface area contributed by atoms with Crippen LogP contribution >= 0.6 is 11.6 Å². The van der Waals surface area contributed by atoms with E-state index >= 15 is 0 Å². The molecule has 3 rings (SSSR count). The first-order chi connectivity index (χ1) is 9.66. The number of benzene rings is 1. The number of aliphatic imine (C=N–C) groups is 1. The number of rotatable bonds is 3. The average molecular weight is 289 g/mol. The molecule has 0 unspecified atom stereocenters. The normalized spacial score (nSPS) is 14.2. The second kappa shape index (κ2) is 5.29. The molecule has 1 N–H and O–H groups in total. The van der Waals surface area contributed by atoms with Crippen LogP contribution in [0.3, 0.4) is 0 Å². The molecule has 0 saturated carbocycles. The first-order valence-electron chi connectivity index (χ1n) is 6.70. The molecule has 104 valence electrons. The zero-order valence-electron chi connectivity index (χ0n) is 11.7. The lowest BCUT2D eigenvalue weighted by Gasteiger charge is -2.14. The van der Waals surface area contributed by atoms with Gasteiger partial charge in [0.2, 0.25) is 0 Å². The van der Waals surface area contributed by atoms with Crippen LogP contribution in [-0.2, 0) is 13.5 Å². The Morgan fingerprint density at radius 1 is 1.35 bits per heavy atom. The number of hydrogen-bond donors (Lipinski definition) is 1. The molecule has 1 aromatic heterocycles. The number of halogens is 1. The summed E-state index contributed by atoms with van der Waals surface area (Å²) in [7, 11) is 1.93. The van der Waals surface area contributed by atoms with Crippen LogP contribution in [0, 0.1) is 6.92 Å². The molecule has 0 aliphatic carbocycles. The minimum Gasteiger partial charge on any atom is -0.372 e. The third-order valence-electron chi connectivity index (χ3n) is 3.70. The Labute approximate surface area is 123 Å². The highest BCUT2D eigenvalue weighted by molar-refractivity contribution is 6.33. The van der Waals surface area contributed by atoms with E-state index in [0.29, 0.717) is 0 Å². The molecule has 0 fully saturated rings. The van der Waals surface area contributed by atoms with E-state index in [2.05, 4.69) is 28.4 Å². The van der Waals surface area contributed by atoms with Crippen LogP contribution in [0.2, 0.25) is 5.02 Å². The molecule has 2 heterocycles. The summed E-state index contributed by atoms with van der Waals surface area (Å²) in [4.78, 5) is 4.46. The predicted octanol–water partition coefficient (Wildman–Crippen LogP) is 2.59. The summed E-state index contributed by atoms with van der Waals surface area (Å²) in [5, 5.41) is 8.30. The van der Waals surface area contributed by atoms with Gasteiger partial charge in [-0.25, -0.2) is 0 Å². The molecule has 0 bridgehead atoms. The fraction of sp³-hybridized carbons (Fsp3) is 0.333. The molecule has 0 atom stereocenters. The van der Waals surface area contributed by atoms with Gasteiger partial charge in [-0.05, 0) is 30.2 Å². The quantitative estimate of drug-likeness (QED) is 0.943. The van der Waals surface area contributed by atoms with Crippen molar-refractivity contribution in [2.45, 2.75) is 13.3 Å². The maximum Gasteiger partial charge on any atom is 0.101 e. The zero-order valence-corrected chi connectivity index (χ0v) is 12.4. The number of nitrogens with one attached hydrogen (secondary N) is 1. The van der Waals surface area contributed by atoms with E-state index in [1.165, 1.54) is 11.1 Å². The fourth-order valence-electron chi connectivity index (χ4n) is 2.59. The van der Waals surface area contributed by atoms with Gasteiger partial charge in [0.05, 0.1) is 17.3 Å². The topological polar surface area (TPSA) is 42.2 Å².